The van der Waals surface area contributed by atoms with Gasteiger partial charge in [0.1, 0.15) is 11.9 Å². The summed E-state index contributed by atoms with van der Waals surface area (Å²) in [7, 11) is 0. The van der Waals surface area contributed by atoms with Crippen molar-refractivity contribution in [1.29, 1.82) is 5.26 Å². The molecule has 2 aromatic heterocycles. The predicted octanol–water partition coefficient (Wildman–Crippen LogP) is 5.55. The Morgan fingerprint density at radius 3 is 2.78 bits per heavy atom. The Balaban J connectivity index is 1.85. The standard InChI is InChI=1S/C22H17ClN4/c1-13-9-10-14(11-18(13)23)25-21-16-6-4-5-15(16)17(12-24)22-26-19-7-2-3-8-20(19)27(21)22/h2-3,7-11,25H,4-6H2,1H3. The lowest BCUT2D eigenvalue weighted by molar-refractivity contribution is 0.910. The van der Waals surface area contributed by atoms with Crippen LogP contribution in [-0.2, 0) is 12.8 Å². The van der Waals surface area contributed by atoms with Crippen molar-refractivity contribution < 1.29 is 0 Å². The molecule has 1 N–H and O–H groups in total. The molecule has 0 spiro atoms. The smallest absolute Gasteiger partial charge is 0.157 e. The third-order valence-corrected chi connectivity index (χ3v) is 5.77. The zero-order valence-corrected chi connectivity index (χ0v) is 15.6. The summed E-state index contributed by atoms with van der Waals surface area (Å²) in [5.41, 5.74) is 7.63. The Labute approximate surface area is 162 Å². The molecule has 0 aliphatic heterocycles. The van der Waals surface area contributed by atoms with Crippen molar-refractivity contribution in [3.8, 4) is 6.07 Å². The number of nitrogens with one attached hydrogen (secondary N) is 1. The van der Waals surface area contributed by atoms with Gasteiger partial charge in [0.05, 0.1) is 16.6 Å². The number of aromatic nitrogens is 2. The topological polar surface area (TPSA) is 53.1 Å². The average molecular weight is 373 g/mol. The summed E-state index contributed by atoms with van der Waals surface area (Å²) in [5, 5.41) is 14.1. The third kappa shape index (κ3) is 2.39. The summed E-state index contributed by atoms with van der Waals surface area (Å²) in [6.07, 6.45) is 2.92. The molecular weight excluding hydrogens is 356 g/mol. The molecule has 2 heterocycles. The lowest BCUT2D eigenvalue weighted by Crippen LogP contribution is -2.06. The maximum absolute atomic E-state index is 9.83. The molecule has 2 aromatic carbocycles. The van der Waals surface area contributed by atoms with E-state index in [0.29, 0.717) is 5.56 Å². The predicted molar refractivity (Wildman–Crippen MR) is 109 cm³/mol. The van der Waals surface area contributed by atoms with Gasteiger partial charge in [-0.15, -0.1) is 0 Å². The largest absolute Gasteiger partial charge is 0.341 e. The van der Waals surface area contributed by atoms with Crippen LogP contribution in [0.1, 0.15) is 28.7 Å². The first-order valence-electron chi connectivity index (χ1n) is 9.05. The van der Waals surface area contributed by atoms with Gasteiger partial charge in [0.25, 0.3) is 0 Å². The average Bonchev–Trinajstić information content (AvgIpc) is 3.29. The summed E-state index contributed by atoms with van der Waals surface area (Å²) >= 11 is 6.33. The molecule has 0 saturated carbocycles. The van der Waals surface area contributed by atoms with Gasteiger partial charge in [0.15, 0.2) is 5.65 Å². The first-order chi connectivity index (χ1) is 13.2. The molecular formula is C22H17ClN4. The number of benzene rings is 2. The maximum Gasteiger partial charge on any atom is 0.157 e. The molecule has 132 valence electrons. The van der Waals surface area contributed by atoms with Gasteiger partial charge in [-0.25, -0.2) is 4.98 Å². The molecule has 0 amide bonds. The fraction of sp³-hybridized carbons (Fsp3) is 0.182. The summed E-state index contributed by atoms with van der Waals surface area (Å²) in [4.78, 5) is 4.77. The number of aryl methyl sites for hydroxylation is 1. The van der Waals surface area contributed by atoms with Crippen LogP contribution < -0.4 is 5.32 Å². The molecule has 0 saturated heterocycles. The number of rotatable bonds is 2. The van der Waals surface area contributed by atoms with Crippen LogP contribution in [0.3, 0.4) is 0 Å². The van der Waals surface area contributed by atoms with Gasteiger partial charge in [-0.3, -0.25) is 4.40 Å². The summed E-state index contributed by atoms with van der Waals surface area (Å²) < 4.78 is 2.09. The van der Waals surface area contributed by atoms with Crippen LogP contribution in [0.15, 0.2) is 42.5 Å². The fourth-order valence-electron chi connectivity index (χ4n) is 4.03. The minimum Gasteiger partial charge on any atom is -0.341 e. The minimum absolute atomic E-state index is 0.700. The normalized spacial score (nSPS) is 13.1. The van der Waals surface area contributed by atoms with Crippen molar-refractivity contribution in [3.63, 3.8) is 0 Å². The number of hydrogen-bond acceptors (Lipinski definition) is 3. The number of nitriles is 1. The number of anilines is 2. The van der Waals surface area contributed by atoms with E-state index < -0.39 is 0 Å². The second-order valence-electron chi connectivity index (χ2n) is 6.99. The van der Waals surface area contributed by atoms with E-state index in [1.165, 1.54) is 5.56 Å². The van der Waals surface area contributed by atoms with Gasteiger partial charge in [0.2, 0.25) is 0 Å². The number of hydrogen-bond donors (Lipinski definition) is 1. The molecule has 1 aliphatic carbocycles. The van der Waals surface area contributed by atoms with Crippen LogP contribution in [0.2, 0.25) is 5.02 Å². The van der Waals surface area contributed by atoms with Gasteiger partial charge < -0.3 is 5.32 Å². The zero-order valence-electron chi connectivity index (χ0n) is 14.9. The van der Waals surface area contributed by atoms with Crippen molar-refractivity contribution >= 4 is 39.8 Å². The number of halogens is 1. The second-order valence-corrected chi connectivity index (χ2v) is 7.40. The van der Waals surface area contributed by atoms with Crippen LogP contribution >= 0.6 is 11.6 Å². The molecule has 0 bridgehead atoms. The minimum atomic E-state index is 0.700. The molecule has 4 nitrogen and oxygen atoms in total. The molecule has 5 heteroatoms. The highest BCUT2D eigenvalue weighted by Gasteiger charge is 2.25. The number of para-hydroxylation sites is 2. The van der Waals surface area contributed by atoms with E-state index in [9.17, 15) is 5.26 Å². The molecule has 0 radical (unpaired) electrons. The van der Waals surface area contributed by atoms with E-state index in [4.69, 9.17) is 16.6 Å². The van der Waals surface area contributed by atoms with E-state index in [-0.39, 0.29) is 0 Å². The number of pyridine rings is 1. The zero-order chi connectivity index (χ0) is 18.5. The maximum atomic E-state index is 9.83. The first kappa shape index (κ1) is 16.2. The van der Waals surface area contributed by atoms with Gasteiger partial charge in [0, 0.05) is 10.7 Å². The van der Waals surface area contributed by atoms with Crippen molar-refractivity contribution in [2.24, 2.45) is 0 Å². The Bertz CT molecular complexity index is 1260. The van der Waals surface area contributed by atoms with E-state index in [1.54, 1.807) is 0 Å². The lowest BCUT2D eigenvalue weighted by atomic mass is 10.1. The molecule has 1 aliphatic rings. The second kappa shape index (κ2) is 6.00. The Kier molecular flexibility index (Phi) is 3.60. The van der Waals surface area contributed by atoms with Crippen molar-refractivity contribution in [2.75, 3.05) is 5.32 Å². The van der Waals surface area contributed by atoms with E-state index in [0.717, 1.165) is 63.6 Å². The highest BCUT2D eigenvalue weighted by atomic mass is 35.5. The van der Waals surface area contributed by atoms with E-state index in [2.05, 4.69) is 15.8 Å². The van der Waals surface area contributed by atoms with Crippen LogP contribution in [0.25, 0.3) is 16.7 Å². The molecule has 0 atom stereocenters. The first-order valence-corrected chi connectivity index (χ1v) is 9.43. The Hall–Kier alpha value is -3.03. The SMILES string of the molecule is Cc1ccc(Nc2c3c(c(C#N)c4nc5ccccc5n24)CCC3)cc1Cl. The summed E-state index contributed by atoms with van der Waals surface area (Å²) in [5.74, 6) is 0.991. The van der Waals surface area contributed by atoms with Crippen molar-refractivity contribution in [1.82, 2.24) is 9.38 Å². The fourth-order valence-corrected chi connectivity index (χ4v) is 4.21. The number of fused-ring (bicyclic) bond motifs is 4. The Morgan fingerprint density at radius 2 is 1.96 bits per heavy atom. The van der Waals surface area contributed by atoms with Gasteiger partial charge in [-0.05, 0) is 67.1 Å². The highest BCUT2D eigenvalue weighted by Crippen LogP contribution is 2.38. The van der Waals surface area contributed by atoms with Crippen LogP contribution in [0.5, 0.6) is 0 Å². The summed E-state index contributed by atoms with van der Waals surface area (Å²) in [6.45, 7) is 1.99. The molecule has 0 fully saturated rings. The van der Waals surface area contributed by atoms with Gasteiger partial charge in [-0.1, -0.05) is 29.8 Å². The van der Waals surface area contributed by atoms with Crippen LogP contribution in [0.4, 0.5) is 11.5 Å². The van der Waals surface area contributed by atoms with E-state index >= 15 is 0 Å². The Morgan fingerprint density at radius 1 is 1.15 bits per heavy atom. The molecule has 4 aromatic rings. The molecule has 0 unspecified atom stereocenters. The quantitative estimate of drug-likeness (QED) is 0.501. The number of nitrogens with zero attached hydrogens (tertiary/aromatic N) is 3. The monoisotopic (exact) mass is 372 g/mol. The van der Waals surface area contributed by atoms with E-state index in [1.807, 2.05) is 49.4 Å². The highest BCUT2D eigenvalue weighted by molar-refractivity contribution is 6.31. The number of imidazole rings is 1. The lowest BCUT2D eigenvalue weighted by Gasteiger charge is -2.17. The van der Waals surface area contributed by atoms with Crippen molar-refractivity contribution in [3.05, 3.63) is 69.7 Å². The van der Waals surface area contributed by atoms with Crippen molar-refractivity contribution in [2.45, 2.75) is 26.2 Å². The third-order valence-electron chi connectivity index (χ3n) is 5.36. The molecule has 27 heavy (non-hydrogen) atoms. The molecule has 5 rings (SSSR count). The summed E-state index contributed by atoms with van der Waals surface area (Å²) in [6, 6.07) is 16.4. The van der Waals surface area contributed by atoms with Gasteiger partial charge >= 0.3 is 0 Å². The van der Waals surface area contributed by atoms with Gasteiger partial charge in [-0.2, -0.15) is 5.26 Å². The van der Waals surface area contributed by atoms with Crippen LogP contribution in [-0.4, -0.2) is 9.38 Å². The van der Waals surface area contributed by atoms with Crippen LogP contribution in [0, 0.1) is 18.3 Å².